The van der Waals surface area contributed by atoms with Gasteiger partial charge in [-0.2, -0.15) is 0 Å². The number of likely N-dealkylation sites (N-methyl/N-ethyl adjacent to an activating group) is 1. The molecule has 0 aliphatic carbocycles. The maximum atomic E-state index is 12.2. The number of hydrogen-bond acceptors (Lipinski definition) is 4. The molecule has 7 heteroatoms. The van der Waals surface area contributed by atoms with E-state index in [1.54, 1.807) is 16.8 Å². The van der Waals surface area contributed by atoms with Crippen molar-refractivity contribution in [3.05, 3.63) is 18.2 Å². The van der Waals surface area contributed by atoms with E-state index in [2.05, 4.69) is 9.97 Å². The van der Waals surface area contributed by atoms with Gasteiger partial charge in [-0.3, -0.25) is 4.79 Å². The van der Waals surface area contributed by atoms with Crippen molar-refractivity contribution in [1.29, 1.82) is 0 Å². The van der Waals surface area contributed by atoms with E-state index < -0.39 is 5.60 Å². The Hall–Kier alpha value is -2.05. The predicted molar refractivity (Wildman–Crippen MR) is 76.9 cm³/mol. The molecule has 0 radical (unpaired) electrons. The minimum Gasteiger partial charge on any atom is -0.444 e. The normalized spacial score (nSPS) is 18.7. The summed E-state index contributed by atoms with van der Waals surface area (Å²) in [7, 11) is 1.71. The number of amides is 2. The molecule has 0 aromatic carbocycles. The quantitative estimate of drug-likeness (QED) is 0.896. The van der Waals surface area contributed by atoms with E-state index in [0.29, 0.717) is 18.8 Å². The third kappa shape index (κ3) is 3.74. The number of H-pyrrole nitrogens is 1. The molecule has 0 saturated carbocycles. The molecule has 2 amide bonds. The Labute approximate surface area is 124 Å². The van der Waals surface area contributed by atoms with Crippen LogP contribution in [0.15, 0.2) is 12.5 Å². The van der Waals surface area contributed by atoms with Crippen LogP contribution in [0.1, 0.15) is 37.7 Å². The summed E-state index contributed by atoms with van der Waals surface area (Å²) in [6.07, 6.45) is 3.37. The number of imidazole rings is 1. The van der Waals surface area contributed by atoms with E-state index in [0.717, 1.165) is 6.42 Å². The van der Waals surface area contributed by atoms with Crippen molar-refractivity contribution in [3.63, 3.8) is 0 Å². The summed E-state index contributed by atoms with van der Waals surface area (Å²) in [5.41, 5.74) is -0.0504. The van der Waals surface area contributed by atoms with E-state index in [1.165, 1.54) is 12.5 Å². The number of nitrogens with one attached hydrogen (secondary N) is 1. The molecule has 1 fully saturated rings. The number of carbonyl (C=O) groups is 2. The van der Waals surface area contributed by atoms with Crippen LogP contribution in [0.25, 0.3) is 0 Å². The SMILES string of the molecule is CN(C(=O)OC(C)(C)C)C1CCN(C(=O)c2cnc[nH]2)C1. The first kappa shape index (κ1) is 15.3. The Morgan fingerprint density at radius 1 is 1.48 bits per heavy atom. The van der Waals surface area contributed by atoms with E-state index in [1.807, 2.05) is 20.8 Å². The average molecular weight is 294 g/mol. The standard InChI is InChI=1S/C14H22N4O3/c1-14(2,3)21-13(20)17(4)10-5-6-18(8-10)12(19)11-7-15-9-16-11/h7,9-10H,5-6,8H2,1-4H3,(H,15,16). The number of nitrogens with zero attached hydrogens (tertiary/aromatic N) is 3. The Kier molecular flexibility index (Phi) is 4.20. The molecule has 2 heterocycles. The molecule has 1 aromatic heterocycles. The van der Waals surface area contributed by atoms with Crippen molar-refractivity contribution < 1.29 is 14.3 Å². The summed E-state index contributed by atoms with van der Waals surface area (Å²) in [4.78, 5) is 34.2. The summed E-state index contributed by atoms with van der Waals surface area (Å²) in [6.45, 7) is 6.63. The lowest BCUT2D eigenvalue weighted by molar-refractivity contribution is 0.0226. The molecule has 1 unspecified atom stereocenters. The highest BCUT2D eigenvalue weighted by Gasteiger charge is 2.33. The predicted octanol–water partition coefficient (Wildman–Crippen LogP) is 1.49. The summed E-state index contributed by atoms with van der Waals surface area (Å²) in [6, 6.07) is -0.0216. The molecule has 21 heavy (non-hydrogen) atoms. The van der Waals surface area contributed by atoms with Gasteiger partial charge in [0, 0.05) is 20.1 Å². The second-order valence-corrected chi connectivity index (χ2v) is 6.25. The van der Waals surface area contributed by atoms with E-state index in [4.69, 9.17) is 4.74 Å². The van der Waals surface area contributed by atoms with Gasteiger partial charge in [-0.15, -0.1) is 0 Å². The minimum atomic E-state index is -0.518. The fourth-order valence-electron chi connectivity index (χ4n) is 2.27. The van der Waals surface area contributed by atoms with Crippen LogP contribution in [0, 0.1) is 0 Å². The Morgan fingerprint density at radius 3 is 2.76 bits per heavy atom. The number of hydrogen-bond donors (Lipinski definition) is 1. The second kappa shape index (κ2) is 5.75. The molecule has 1 N–H and O–H groups in total. The van der Waals surface area contributed by atoms with Crippen LogP contribution in [-0.4, -0.2) is 63.5 Å². The fourth-order valence-corrected chi connectivity index (χ4v) is 2.27. The number of likely N-dealkylation sites (tertiary alicyclic amines) is 1. The zero-order valence-electron chi connectivity index (χ0n) is 12.9. The number of ether oxygens (including phenoxy) is 1. The van der Waals surface area contributed by atoms with Gasteiger partial charge in [-0.25, -0.2) is 9.78 Å². The molecule has 1 aliphatic heterocycles. The lowest BCUT2D eigenvalue weighted by atomic mass is 10.2. The smallest absolute Gasteiger partial charge is 0.410 e. The fraction of sp³-hybridized carbons (Fsp3) is 0.643. The minimum absolute atomic E-state index is 0.0216. The van der Waals surface area contributed by atoms with E-state index in [9.17, 15) is 9.59 Å². The van der Waals surface area contributed by atoms with Crippen LogP contribution in [-0.2, 0) is 4.74 Å². The van der Waals surface area contributed by atoms with Gasteiger partial charge < -0.3 is 19.5 Å². The first-order valence-electron chi connectivity index (χ1n) is 7.01. The van der Waals surface area contributed by atoms with E-state index in [-0.39, 0.29) is 18.0 Å². The summed E-state index contributed by atoms with van der Waals surface area (Å²) >= 11 is 0. The topological polar surface area (TPSA) is 78.5 Å². The molecule has 1 aromatic rings. The molecule has 1 atom stereocenters. The van der Waals surface area contributed by atoms with Gasteiger partial charge in [-0.05, 0) is 27.2 Å². The van der Waals surface area contributed by atoms with Crippen LogP contribution in [0.3, 0.4) is 0 Å². The van der Waals surface area contributed by atoms with Crippen LogP contribution >= 0.6 is 0 Å². The van der Waals surface area contributed by atoms with Gasteiger partial charge in [-0.1, -0.05) is 0 Å². The zero-order valence-corrected chi connectivity index (χ0v) is 12.9. The molecule has 0 spiro atoms. The molecule has 0 bridgehead atoms. The highest BCUT2D eigenvalue weighted by Crippen LogP contribution is 2.19. The zero-order chi connectivity index (χ0) is 15.6. The maximum absolute atomic E-state index is 12.2. The molecule has 1 aliphatic rings. The highest BCUT2D eigenvalue weighted by atomic mass is 16.6. The first-order chi connectivity index (χ1) is 9.78. The van der Waals surface area contributed by atoms with Crippen molar-refractivity contribution in [2.45, 2.75) is 38.8 Å². The Bertz CT molecular complexity index is 507. The van der Waals surface area contributed by atoms with Crippen molar-refractivity contribution >= 4 is 12.0 Å². The van der Waals surface area contributed by atoms with Crippen LogP contribution in [0.4, 0.5) is 4.79 Å². The number of aromatic amines is 1. The first-order valence-corrected chi connectivity index (χ1v) is 7.01. The molecule has 2 rings (SSSR count). The summed E-state index contributed by atoms with van der Waals surface area (Å²) in [5.74, 6) is -0.0902. The van der Waals surface area contributed by atoms with Gasteiger partial charge in [0.15, 0.2) is 0 Å². The van der Waals surface area contributed by atoms with Crippen molar-refractivity contribution in [2.75, 3.05) is 20.1 Å². The number of rotatable bonds is 2. The lowest BCUT2D eigenvalue weighted by Crippen LogP contribution is -2.42. The van der Waals surface area contributed by atoms with Crippen molar-refractivity contribution in [2.24, 2.45) is 0 Å². The molecule has 116 valence electrons. The summed E-state index contributed by atoms with van der Waals surface area (Å²) < 4.78 is 5.35. The van der Waals surface area contributed by atoms with Gasteiger partial charge in [0.2, 0.25) is 0 Å². The lowest BCUT2D eigenvalue weighted by Gasteiger charge is -2.28. The van der Waals surface area contributed by atoms with Gasteiger partial charge in [0.05, 0.1) is 18.6 Å². The number of aromatic nitrogens is 2. The second-order valence-electron chi connectivity index (χ2n) is 6.25. The number of carbonyl (C=O) groups excluding carboxylic acids is 2. The van der Waals surface area contributed by atoms with Gasteiger partial charge in [0.1, 0.15) is 11.3 Å². The third-order valence-electron chi connectivity index (χ3n) is 3.41. The third-order valence-corrected chi connectivity index (χ3v) is 3.41. The largest absolute Gasteiger partial charge is 0.444 e. The molecular formula is C14H22N4O3. The van der Waals surface area contributed by atoms with Gasteiger partial charge >= 0.3 is 6.09 Å². The highest BCUT2D eigenvalue weighted by molar-refractivity contribution is 5.92. The summed E-state index contributed by atoms with van der Waals surface area (Å²) in [5, 5.41) is 0. The van der Waals surface area contributed by atoms with Crippen LogP contribution in [0.2, 0.25) is 0 Å². The van der Waals surface area contributed by atoms with E-state index >= 15 is 0 Å². The Balaban J connectivity index is 1.93. The molecule has 1 saturated heterocycles. The van der Waals surface area contributed by atoms with Crippen LogP contribution < -0.4 is 0 Å². The maximum Gasteiger partial charge on any atom is 0.410 e. The van der Waals surface area contributed by atoms with Crippen molar-refractivity contribution in [1.82, 2.24) is 19.8 Å². The Morgan fingerprint density at radius 2 is 2.19 bits per heavy atom. The van der Waals surface area contributed by atoms with Crippen molar-refractivity contribution in [3.8, 4) is 0 Å². The monoisotopic (exact) mass is 294 g/mol. The van der Waals surface area contributed by atoms with Gasteiger partial charge in [0.25, 0.3) is 5.91 Å². The molecular weight excluding hydrogens is 272 g/mol. The van der Waals surface area contributed by atoms with Crippen LogP contribution in [0.5, 0.6) is 0 Å². The average Bonchev–Trinajstić information content (AvgIpc) is 3.06. The molecule has 7 nitrogen and oxygen atoms in total.